The maximum absolute atomic E-state index is 12.8. The van der Waals surface area contributed by atoms with Crippen molar-refractivity contribution >= 4 is 11.8 Å². The van der Waals surface area contributed by atoms with Crippen molar-refractivity contribution in [3.05, 3.63) is 52.9 Å². The van der Waals surface area contributed by atoms with Gasteiger partial charge in [-0.15, -0.1) is 0 Å². The predicted octanol–water partition coefficient (Wildman–Crippen LogP) is 6.60. The van der Waals surface area contributed by atoms with E-state index in [-0.39, 0.29) is 35.8 Å². The fraction of sp³-hybridized carbons (Fsp3) is 0.567. The maximum atomic E-state index is 12.8. The quantitative estimate of drug-likeness (QED) is 0.109. The summed E-state index contributed by atoms with van der Waals surface area (Å²) >= 11 is 0. The van der Waals surface area contributed by atoms with Crippen LogP contribution in [0.4, 0.5) is 0 Å². The van der Waals surface area contributed by atoms with Gasteiger partial charge in [-0.25, -0.2) is 0 Å². The van der Waals surface area contributed by atoms with Crippen molar-refractivity contribution in [2.45, 2.75) is 97.2 Å². The van der Waals surface area contributed by atoms with E-state index in [1.165, 1.54) is 0 Å². The summed E-state index contributed by atoms with van der Waals surface area (Å²) in [7, 11) is 0. The van der Waals surface area contributed by atoms with Crippen molar-refractivity contribution in [1.29, 1.82) is 0 Å². The van der Waals surface area contributed by atoms with Crippen LogP contribution >= 0.6 is 0 Å². The molecule has 0 aliphatic heterocycles. The van der Waals surface area contributed by atoms with Gasteiger partial charge in [0.15, 0.2) is 0 Å². The van der Waals surface area contributed by atoms with E-state index in [0.29, 0.717) is 37.7 Å². The van der Waals surface area contributed by atoms with Gasteiger partial charge in [-0.05, 0) is 69.8 Å². The standard InChI is InChI=1S/C30H39NO5/c1-21(2)11-9-15-25(32)29-27(23-16-17-23)28(31-36-29)24(19-26(33)35-30(3,4)5)14-10-18-34-20-22-12-7-6-8-13-22/h6-8,12-13,21,23-24H,10-11,14,16-20H2,1-5H3/t24-/m0/s1. The van der Waals surface area contributed by atoms with Crippen LogP contribution in [0.1, 0.15) is 112 Å². The third kappa shape index (κ3) is 8.95. The summed E-state index contributed by atoms with van der Waals surface area (Å²) < 4.78 is 17.0. The highest BCUT2D eigenvalue weighted by Crippen LogP contribution is 2.46. The molecule has 0 radical (unpaired) electrons. The highest BCUT2D eigenvalue weighted by molar-refractivity contribution is 6.08. The molecule has 1 aliphatic rings. The monoisotopic (exact) mass is 493 g/mol. The van der Waals surface area contributed by atoms with Crippen LogP contribution in [0, 0.1) is 17.8 Å². The van der Waals surface area contributed by atoms with Gasteiger partial charge in [0.05, 0.1) is 18.7 Å². The molecular weight excluding hydrogens is 454 g/mol. The van der Waals surface area contributed by atoms with E-state index in [2.05, 4.69) is 30.8 Å². The first kappa shape index (κ1) is 27.7. The van der Waals surface area contributed by atoms with Crippen LogP contribution < -0.4 is 0 Å². The number of aromatic nitrogens is 1. The van der Waals surface area contributed by atoms with E-state index in [9.17, 15) is 9.59 Å². The minimum Gasteiger partial charge on any atom is -0.460 e. The molecule has 0 N–H and O–H groups in total. The van der Waals surface area contributed by atoms with Crippen molar-refractivity contribution in [3.63, 3.8) is 0 Å². The van der Waals surface area contributed by atoms with E-state index in [0.717, 1.165) is 30.4 Å². The number of Topliss-reactive ketones (excluding diaryl/α,β-unsaturated/α-hetero) is 1. The van der Waals surface area contributed by atoms with Gasteiger partial charge < -0.3 is 14.0 Å². The first-order chi connectivity index (χ1) is 17.1. The summed E-state index contributed by atoms with van der Waals surface area (Å²) in [5, 5.41) is 4.33. The van der Waals surface area contributed by atoms with Gasteiger partial charge in [0.1, 0.15) is 5.60 Å². The highest BCUT2D eigenvalue weighted by atomic mass is 16.6. The molecule has 1 aliphatic carbocycles. The average Bonchev–Trinajstić information content (AvgIpc) is 3.54. The second-order valence-electron chi connectivity index (χ2n) is 11.0. The van der Waals surface area contributed by atoms with Gasteiger partial charge in [0.25, 0.3) is 5.78 Å². The summed E-state index contributed by atoms with van der Waals surface area (Å²) in [6, 6.07) is 10.0. The SMILES string of the molecule is CC(C)CC#CC(=O)c1onc([C@@H](CCCOCc2ccccc2)CC(=O)OC(C)(C)C)c1C1CC1. The molecule has 0 spiro atoms. The molecule has 1 aromatic carbocycles. The zero-order valence-electron chi connectivity index (χ0n) is 22.3. The van der Waals surface area contributed by atoms with Crippen LogP contribution in [-0.2, 0) is 20.9 Å². The molecule has 0 unspecified atom stereocenters. The fourth-order valence-corrected chi connectivity index (χ4v) is 4.04. The first-order valence-electron chi connectivity index (χ1n) is 13.0. The number of ketones is 1. The molecule has 0 saturated heterocycles. The number of benzene rings is 1. The number of esters is 1. The highest BCUT2D eigenvalue weighted by Gasteiger charge is 2.37. The first-order valence-corrected chi connectivity index (χ1v) is 13.0. The molecule has 36 heavy (non-hydrogen) atoms. The van der Waals surface area contributed by atoms with Crippen molar-refractivity contribution in [2.24, 2.45) is 5.92 Å². The molecule has 6 heteroatoms. The van der Waals surface area contributed by atoms with Crippen LogP contribution in [0.3, 0.4) is 0 Å². The Labute approximate surface area is 215 Å². The summed E-state index contributed by atoms with van der Waals surface area (Å²) in [6.45, 7) is 10.8. The number of ether oxygens (including phenoxy) is 2. The number of nitrogens with zero attached hydrogens (tertiary/aromatic N) is 1. The van der Waals surface area contributed by atoms with Crippen molar-refractivity contribution in [2.75, 3.05) is 6.61 Å². The second-order valence-corrected chi connectivity index (χ2v) is 11.0. The van der Waals surface area contributed by atoms with Crippen molar-refractivity contribution in [1.82, 2.24) is 5.16 Å². The molecule has 1 saturated carbocycles. The molecule has 1 aromatic heterocycles. The number of rotatable bonds is 12. The Bertz CT molecular complexity index is 1060. The van der Waals surface area contributed by atoms with Gasteiger partial charge in [0.2, 0.25) is 5.76 Å². The Morgan fingerprint density at radius 2 is 1.89 bits per heavy atom. The molecule has 194 valence electrons. The van der Waals surface area contributed by atoms with Gasteiger partial charge in [-0.1, -0.05) is 55.3 Å². The smallest absolute Gasteiger partial charge is 0.306 e. The lowest BCUT2D eigenvalue weighted by Gasteiger charge is -2.22. The summed E-state index contributed by atoms with van der Waals surface area (Å²) in [5.74, 6) is 5.68. The van der Waals surface area contributed by atoms with E-state index >= 15 is 0 Å². The van der Waals surface area contributed by atoms with Crippen LogP contribution in [0.5, 0.6) is 0 Å². The fourth-order valence-electron chi connectivity index (χ4n) is 4.04. The number of carbonyl (C=O) groups is 2. The Morgan fingerprint density at radius 3 is 2.53 bits per heavy atom. The third-order valence-corrected chi connectivity index (χ3v) is 5.83. The van der Waals surface area contributed by atoms with Crippen LogP contribution in [0.25, 0.3) is 0 Å². The number of hydrogen-bond acceptors (Lipinski definition) is 6. The normalized spacial score (nSPS) is 14.3. The number of carbonyl (C=O) groups excluding carboxylic acids is 2. The third-order valence-electron chi connectivity index (χ3n) is 5.83. The predicted molar refractivity (Wildman–Crippen MR) is 139 cm³/mol. The zero-order valence-corrected chi connectivity index (χ0v) is 22.3. The molecule has 1 atom stereocenters. The van der Waals surface area contributed by atoms with E-state index in [4.69, 9.17) is 14.0 Å². The van der Waals surface area contributed by atoms with E-state index < -0.39 is 5.60 Å². The second kappa shape index (κ2) is 12.9. The van der Waals surface area contributed by atoms with Crippen molar-refractivity contribution < 1.29 is 23.6 Å². The van der Waals surface area contributed by atoms with Gasteiger partial charge in [-0.3, -0.25) is 9.59 Å². The van der Waals surface area contributed by atoms with Gasteiger partial charge in [-0.2, -0.15) is 0 Å². The van der Waals surface area contributed by atoms with Gasteiger partial charge >= 0.3 is 5.97 Å². The molecule has 1 heterocycles. The molecule has 0 bridgehead atoms. The zero-order chi connectivity index (χ0) is 26.1. The average molecular weight is 494 g/mol. The molecular formula is C30H39NO5. The largest absolute Gasteiger partial charge is 0.460 e. The van der Waals surface area contributed by atoms with Crippen LogP contribution in [0.2, 0.25) is 0 Å². The van der Waals surface area contributed by atoms with E-state index in [1.807, 2.05) is 51.1 Å². The van der Waals surface area contributed by atoms with E-state index in [1.54, 1.807) is 0 Å². The Hall–Kier alpha value is -2.91. The Kier molecular flexibility index (Phi) is 9.89. The van der Waals surface area contributed by atoms with Gasteiger partial charge in [0, 0.05) is 24.5 Å². The topological polar surface area (TPSA) is 78.6 Å². The summed E-state index contributed by atoms with van der Waals surface area (Å²) in [5.41, 5.74) is 2.08. The molecule has 6 nitrogen and oxygen atoms in total. The minimum absolute atomic E-state index is 0.175. The summed E-state index contributed by atoms with van der Waals surface area (Å²) in [6.07, 6.45) is 4.20. The minimum atomic E-state index is -0.573. The molecule has 0 amide bonds. The van der Waals surface area contributed by atoms with Crippen LogP contribution in [0.15, 0.2) is 34.9 Å². The molecule has 2 aromatic rings. The Morgan fingerprint density at radius 1 is 1.17 bits per heavy atom. The van der Waals surface area contributed by atoms with Crippen molar-refractivity contribution in [3.8, 4) is 11.8 Å². The number of hydrogen-bond donors (Lipinski definition) is 0. The lowest BCUT2D eigenvalue weighted by molar-refractivity contribution is -0.155. The maximum Gasteiger partial charge on any atom is 0.306 e. The lowest BCUT2D eigenvalue weighted by atomic mass is 9.90. The lowest BCUT2D eigenvalue weighted by Crippen LogP contribution is -2.25. The summed E-state index contributed by atoms with van der Waals surface area (Å²) in [4.78, 5) is 25.6. The van der Waals surface area contributed by atoms with Crippen LogP contribution in [-0.4, -0.2) is 29.1 Å². The molecule has 3 rings (SSSR count). The molecule has 1 fully saturated rings. The Balaban J connectivity index is 1.73.